The molecule has 25 heavy (non-hydrogen) atoms. The molecule has 0 aliphatic carbocycles. The highest BCUT2D eigenvalue weighted by atomic mass is 35.5. The zero-order valence-corrected chi connectivity index (χ0v) is 15.5. The zero-order valence-electron chi connectivity index (χ0n) is 14.8. The van der Waals surface area contributed by atoms with Crippen LogP contribution in [0.2, 0.25) is 5.02 Å². The third-order valence-electron chi connectivity index (χ3n) is 4.03. The first-order valence-electron chi connectivity index (χ1n) is 8.45. The van der Waals surface area contributed by atoms with E-state index in [9.17, 15) is 4.79 Å². The summed E-state index contributed by atoms with van der Waals surface area (Å²) in [7, 11) is 0. The number of benzene rings is 2. The molecule has 1 aliphatic heterocycles. The number of halogens is 1. The van der Waals surface area contributed by atoms with Crippen molar-refractivity contribution < 1.29 is 9.53 Å². The topological polar surface area (TPSA) is 50.4 Å². The van der Waals surface area contributed by atoms with Crippen molar-refractivity contribution in [3.05, 3.63) is 52.5 Å². The summed E-state index contributed by atoms with van der Waals surface area (Å²) in [6.45, 7) is 7.22. The van der Waals surface area contributed by atoms with Crippen LogP contribution in [0.1, 0.15) is 31.9 Å². The van der Waals surface area contributed by atoms with Crippen LogP contribution in [0.4, 0.5) is 10.5 Å². The summed E-state index contributed by atoms with van der Waals surface area (Å²) in [4.78, 5) is 12.3. The SMILES string of the molecule is CC(C)(C)OC(=O)Nc1cc(-c2ccccc2Cl)cc2c1CCNC2. The van der Waals surface area contributed by atoms with Gasteiger partial charge in [0, 0.05) is 22.8 Å². The van der Waals surface area contributed by atoms with Gasteiger partial charge < -0.3 is 10.1 Å². The van der Waals surface area contributed by atoms with Crippen LogP contribution in [0.3, 0.4) is 0 Å². The molecular formula is C20H23ClN2O2. The highest BCUT2D eigenvalue weighted by Gasteiger charge is 2.20. The molecule has 0 saturated carbocycles. The molecule has 1 aliphatic rings. The molecule has 0 fully saturated rings. The van der Waals surface area contributed by atoms with Crippen LogP contribution in [0.15, 0.2) is 36.4 Å². The Morgan fingerprint density at radius 1 is 1.24 bits per heavy atom. The van der Waals surface area contributed by atoms with Crippen LogP contribution < -0.4 is 10.6 Å². The minimum atomic E-state index is -0.536. The molecule has 4 nitrogen and oxygen atoms in total. The van der Waals surface area contributed by atoms with E-state index in [2.05, 4.69) is 16.7 Å². The van der Waals surface area contributed by atoms with Crippen LogP contribution in [0.5, 0.6) is 0 Å². The molecule has 2 aromatic rings. The highest BCUT2D eigenvalue weighted by molar-refractivity contribution is 6.33. The fourth-order valence-electron chi connectivity index (χ4n) is 3.00. The van der Waals surface area contributed by atoms with E-state index in [1.165, 1.54) is 5.56 Å². The minimum absolute atomic E-state index is 0.440. The first-order valence-corrected chi connectivity index (χ1v) is 8.83. The van der Waals surface area contributed by atoms with Crippen molar-refractivity contribution in [3.63, 3.8) is 0 Å². The Balaban J connectivity index is 2.00. The maximum atomic E-state index is 12.3. The predicted molar refractivity (Wildman–Crippen MR) is 102 cm³/mol. The number of hydrogen-bond donors (Lipinski definition) is 2. The van der Waals surface area contributed by atoms with E-state index in [4.69, 9.17) is 16.3 Å². The molecule has 2 N–H and O–H groups in total. The molecule has 1 heterocycles. The van der Waals surface area contributed by atoms with Gasteiger partial charge in [-0.2, -0.15) is 0 Å². The molecule has 0 spiro atoms. The summed E-state index contributed by atoms with van der Waals surface area (Å²) in [6.07, 6.45) is 0.424. The van der Waals surface area contributed by atoms with Gasteiger partial charge in [0.2, 0.25) is 0 Å². The van der Waals surface area contributed by atoms with E-state index in [0.29, 0.717) is 5.02 Å². The third kappa shape index (κ3) is 4.33. The Hall–Kier alpha value is -2.04. The van der Waals surface area contributed by atoms with Crippen molar-refractivity contribution >= 4 is 23.4 Å². The minimum Gasteiger partial charge on any atom is -0.444 e. The van der Waals surface area contributed by atoms with Gasteiger partial charge in [0.25, 0.3) is 0 Å². The van der Waals surface area contributed by atoms with Crippen molar-refractivity contribution in [1.29, 1.82) is 0 Å². The van der Waals surface area contributed by atoms with Crippen molar-refractivity contribution in [2.45, 2.75) is 39.3 Å². The van der Waals surface area contributed by atoms with Crippen LogP contribution in [-0.4, -0.2) is 18.2 Å². The molecule has 0 bridgehead atoms. The molecular weight excluding hydrogens is 336 g/mol. The van der Waals surface area contributed by atoms with E-state index in [1.54, 1.807) is 0 Å². The molecule has 0 atom stereocenters. The van der Waals surface area contributed by atoms with Gasteiger partial charge in [0.05, 0.1) is 0 Å². The lowest BCUT2D eigenvalue weighted by Gasteiger charge is -2.24. The van der Waals surface area contributed by atoms with E-state index in [-0.39, 0.29) is 0 Å². The number of hydrogen-bond acceptors (Lipinski definition) is 3. The van der Waals surface area contributed by atoms with Gasteiger partial charge in [-0.3, -0.25) is 5.32 Å². The van der Waals surface area contributed by atoms with E-state index in [0.717, 1.165) is 41.9 Å². The number of carbonyl (C=O) groups is 1. The molecule has 0 unspecified atom stereocenters. The van der Waals surface area contributed by atoms with Gasteiger partial charge in [-0.25, -0.2) is 4.79 Å². The van der Waals surface area contributed by atoms with Crippen LogP contribution >= 0.6 is 11.6 Å². The van der Waals surface area contributed by atoms with Crippen molar-refractivity contribution in [3.8, 4) is 11.1 Å². The number of ether oxygens (including phenoxy) is 1. The van der Waals surface area contributed by atoms with Crippen molar-refractivity contribution in [2.75, 3.05) is 11.9 Å². The molecule has 5 heteroatoms. The van der Waals surface area contributed by atoms with E-state index >= 15 is 0 Å². The fourth-order valence-corrected chi connectivity index (χ4v) is 3.24. The van der Waals surface area contributed by atoms with Gasteiger partial charge in [-0.05, 0) is 68.6 Å². The Morgan fingerprint density at radius 3 is 2.72 bits per heavy atom. The van der Waals surface area contributed by atoms with E-state index < -0.39 is 11.7 Å². The Morgan fingerprint density at radius 2 is 2.00 bits per heavy atom. The monoisotopic (exact) mass is 358 g/mol. The number of fused-ring (bicyclic) bond motifs is 1. The molecule has 3 rings (SSSR count). The number of anilines is 1. The van der Waals surface area contributed by atoms with Gasteiger partial charge >= 0.3 is 6.09 Å². The van der Waals surface area contributed by atoms with Gasteiger partial charge in [-0.1, -0.05) is 29.8 Å². The first kappa shape index (κ1) is 17.8. The number of rotatable bonds is 2. The highest BCUT2D eigenvalue weighted by Crippen LogP contribution is 2.34. The van der Waals surface area contributed by atoms with Crippen molar-refractivity contribution in [2.24, 2.45) is 0 Å². The average molecular weight is 359 g/mol. The standard InChI is InChI=1S/C20H23ClN2O2/c1-20(2,3)25-19(24)23-18-11-13(15-6-4-5-7-17(15)21)10-14-12-22-9-8-16(14)18/h4-7,10-11,22H,8-9,12H2,1-3H3,(H,23,24). The third-order valence-corrected chi connectivity index (χ3v) is 4.36. The lowest BCUT2D eigenvalue weighted by molar-refractivity contribution is 0.0636. The number of nitrogens with one attached hydrogen (secondary N) is 2. The van der Waals surface area contributed by atoms with Crippen molar-refractivity contribution in [1.82, 2.24) is 5.32 Å². The zero-order chi connectivity index (χ0) is 18.0. The second-order valence-electron chi connectivity index (χ2n) is 7.19. The summed E-state index contributed by atoms with van der Waals surface area (Å²) in [5.74, 6) is 0. The smallest absolute Gasteiger partial charge is 0.412 e. The molecule has 1 amide bonds. The maximum absolute atomic E-state index is 12.3. The Bertz CT molecular complexity index is 797. The maximum Gasteiger partial charge on any atom is 0.412 e. The Kier molecular flexibility index (Phi) is 5.02. The normalized spacial score (nSPS) is 13.9. The molecule has 0 saturated heterocycles. The Labute approximate surface area is 153 Å². The molecule has 0 radical (unpaired) electrons. The predicted octanol–water partition coefficient (Wildman–Crippen LogP) is 5.00. The second-order valence-corrected chi connectivity index (χ2v) is 7.60. The van der Waals surface area contributed by atoms with Crippen LogP contribution in [0, 0.1) is 0 Å². The molecule has 0 aromatic heterocycles. The van der Waals surface area contributed by atoms with Crippen LogP contribution in [-0.2, 0) is 17.7 Å². The summed E-state index contributed by atoms with van der Waals surface area (Å²) < 4.78 is 5.41. The molecule has 2 aromatic carbocycles. The summed E-state index contributed by atoms with van der Waals surface area (Å²) in [6, 6.07) is 11.8. The molecule has 132 valence electrons. The van der Waals surface area contributed by atoms with Gasteiger partial charge in [-0.15, -0.1) is 0 Å². The van der Waals surface area contributed by atoms with E-state index in [1.807, 2.05) is 51.1 Å². The van der Waals surface area contributed by atoms with Gasteiger partial charge in [0.1, 0.15) is 5.60 Å². The largest absolute Gasteiger partial charge is 0.444 e. The lowest BCUT2D eigenvalue weighted by atomic mass is 9.93. The summed E-state index contributed by atoms with van der Waals surface area (Å²) in [5, 5.41) is 6.99. The van der Waals surface area contributed by atoms with Gasteiger partial charge in [0.15, 0.2) is 0 Å². The lowest BCUT2D eigenvalue weighted by Crippen LogP contribution is -2.29. The second kappa shape index (κ2) is 7.06. The fraction of sp³-hybridized carbons (Fsp3) is 0.350. The van der Waals surface area contributed by atoms with Crippen LogP contribution in [0.25, 0.3) is 11.1 Å². The quantitative estimate of drug-likeness (QED) is 0.794. The first-order chi connectivity index (χ1) is 11.8. The summed E-state index contributed by atoms with van der Waals surface area (Å²) in [5.41, 5.74) is 4.52. The average Bonchev–Trinajstić information content (AvgIpc) is 2.53. The number of amides is 1. The summed E-state index contributed by atoms with van der Waals surface area (Å²) >= 11 is 6.36. The number of carbonyl (C=O) groups excluding carboxylic acids is 1.